The van der Waals surface area contributed by atoms with Crippen molar-refractivity contribution in [2.45, 2.75) is 36.0 Å². The molecule has 2 bridgehead atoms. The number of carbonyl (C=O) groups excluding carboxylic acids is 4. The molecule has 1 saturated heterocycles. The highest BCUT2D eigenvalue weighted by Crippen LogP contribution is 2.60. The van der Waals surface area contributed by atoms with Gasteiger partial charge in [0, 0.05) is 27.4 Å². The molecule has 3 aliphatic rings. The molecule has 0 spiro atoms. The topological polar surface area (TPSA) is 124 Å². The Hall–Kier alpha value is -2.14. The number of alkyl halides is 2. The van der Waals surface area contributed by atoms with E-state index in [9.17, 15) is 29.3 Å². The van der Waals surface area contributed by atoms with Gasteiger partial charge < -0.3 is 4.74 Å². The predicted octanol–water partition coefficient (Wildman–Crippen LogP) is 3.12. The van der Waals surface area contributed by atoms with Gasteiger partial charge in [-0.2, -0.15) is 0 Å². The Labute approximate surface area is 206 Å². The maximum Gasteiger partial charge on any atom is 0.330 e. The average Bonchev–Trinajstić information content (AvgIpc) is 3.38. The second kappa shape index (κ2) is 8.90. The number of nitro benzene ring substituents is 1. The van der Waals surface area contributed by atoms with E-state index in [0.29, 0.717) is 0 Å². The predicted molar refractivity (Wildman–Crippen MR) is 123 cm³/mol. The molecule has 0 unspecified atom stereocenters. The van der Waals surface area contributed by atoms with Gasteiger partial charge in [-0.05, 0) is 24.2 Å². The number of ketones is 1. The summed E-state index contributed by atoms with van der Waals surface area (Å²) in [6.07, 6.45) is 0.779. The van der Waals surface area contributed by atoms with Crippen LogP contribution in [0.3, 0.4) is 0 Å². The van der Waals surface area contributed by atoms with Gasteiger partial charge in [-0.1, -0.05) is 57.8 Å². The Balaban J connectivity index is 1.49. The third-order valence-corrected chi connectivity index (χ3v) is 10.1. The lowest BCUT2D eigenvalue weighted by atomic mass is 9.81. The standard InChI is InChI=1S/C22H22Br2N2O7/c1-9(2)19(22(30)33-8-14(27)10-4-3-5-11(6-10)26(31)32)25-20(28)15-12-7-13(16(15)21(25)29)18(24)17(12)23/h3-6,9,12-13,15-19H,7-8H2,1-2H3/t12-,13-,15-,16-,17-,18+,19-/m1/s1. The number of halogens is 2. The largest absolute Gasteiger partial charge is 0.456 e. The summed E-state index contributed by atoms with van der Waals surface area (Å²) in [5.74, 6) is -3.48. The van der Waals surface area contributed by atoms with Gasteiger partial charge >= 0.3 is 5.97 Å². The van der Waals surface area contributed by atoms with Crippen molar-refractivity contribution >= 4 is 61.1 Å². The molecule has 1 aromatic carbocycles. The maximum absolute atomic E-state index is 13.3. The van der Waals surface area contributed by atoms with Crippen LogP contribution in [0.15, 0.2) is 24.3 Å². The van der Waals surface area contributed by atoms with Crippen molar-refractivity contribution in [3.8, 4) is 0 Å². The van der Waals surface area contributed by atoms with Gasteiger partial charge in [0.05, 0.1) is 16.8 Å². The molecule has 0 aromatic heterocycles. The number of likely N-dealkylation sites (tertiary alicyclic amines) is 1. The molecule has 11 heteroatoms. The van der Waals surface area contributed by atoms with Crippen LogP contribution in [0.2, 0.25) is 0 Å². The highest BCUT2D eigenvalue weighted by molar-refractivity contribution is 9.12. The van der Waals surface area contributed by atoms with Crippen molar-refractivity contribution in [1.82, 2.24) is 4.90 Å². The van der Waals surface area contributed by atoms with Crippen LogP contribution in [-0.2, 0) is 19.1 Å². The number of nitrogens with zero attached hydrogens (tertiary/aromatic N) is 2. The number of fused-ring (bicyclic) bond motifs is 5. The van der Waals surface area contributed by atoms with Gasteiger partial charge in [0.15, 0.2) is 6.61 Å². The van der Waals surface area contributed by atoms with E-state index >= 15 is 0 Å². The lowest BCUT2D eigenvalue weighted by Crippen LogP contribution is -2.50. The van der Waals surface area contributed by atoms with Crippen LogP contribution in [0, 0.1) is 39.7 Å². The molecule has 4 rings (SSSR count). The minimum Gasteiger partial charge on any atom is -0.456 e. The monoisotopic (exact) mass is 584 g/mol. The first-order chi connectivity index (χ1) is 15.5. The highest BCUT2D eigenvalue weighted by atomic mass is 79.9. The number of carbonyl (C=O) groups is 4. The normalized spacial score (nSPS) is 31.1. The quantitative estimate of drug-likeness (QED) is 0.120. The van der Waals surface area contributed by atoms with Crippen LogP contribution in [-0.4, -0.2) is 55.7 Å². The van der Waals surface area contributed by atoms with Crippen LogP contribution >= 0.6 is 31.9 Å². The zero-order chi connectivity index (χ0) is 24.2. The smallest absolute Gasteiger partial charge is 0.330 e. The molecular formula is C22H22Br2N2O7. The number of esters is 1. The Bertz CT molecular complexity index is 1010. The lowest BCUT2D eigenvalue weighted by Gasteiger charge is -2.28. The van der Waals surface area contributed by atoms with Crippen molar-refractivity contribution in [2.75, 3.05) is 6.61 Å². The molecule has 33 heavy (non-hydrogen) atoms. The van der Waals surface area contributed by atoms with Crippen molar-refractivity contribution in [1.29, 1.82) is 0 Å². The maximum atomic E-state index is 13.3. The van der Waals surface area contributed by atoms with Gasteiger partial charge in [-0.15, -0.1) is 0 Å². The number of benzene rings is 1. The Morgan fingerprint density at radius 2 is 1.73 bits per heavy atom. The van der Waals surface area contributed by atoms with Crippen molar-refractivity contribution < 1.29 is 28.8 Å². The van der Waals surface area contributed by atoms with Gasteiger partial charge in [0.2, 0.25) is 17.6 Å². The van der Waals surface area contributed by atoms with E-state index in [4.69, 9.17) is 4.74 Å². The molecule has 1 aromatic rings. The Kier molecular flexibility index (Phi) is 6.47. The van der Waals surface area contributed by atoms with Crippen molar-refractivity contribution in [3.63, 3.8) is 0 Å². The first-order valence-corrected chi connectivity index (χ1v) is 12.5. The third-order valence-electron chi connectivity index (χ3n) is 6.90. The molecule has 1 heterocycles. The molecule has 3 fully saturated rings. The molecule has 176 valence electrons. The fraction of sp³-hybridized carbons (Fsp3) is 0.545. The molecule has 9 nitrogen and oxygen atoms in total. The zero-order valence-electron chi connectivity index (χ0n) is 17.9. The first kappa shape index (κ1) is 24.0. The summed E-state index contributed by atoms with van der Waals surface area (Å²) >= 11 is 7.27. The number of imide groups is 1. The van der Waals surface area contributed by atoms with Crippen LogP contribution in [0.1, 0.15) is 30.6 Å². The summed E-state index contributed by atoms with van der Waals surface area (Å²) in [5.41, 5.74) is -0.221. The van der Waals surface area contributed by atoms with Gasteiger partial charge in [-0.25, -0.2) is 4.79 Å². The summed E-state index contributed by atoms with van der Waals surface area (Å²) in [7, 11) is 0. The molecule has 2 saturated carbocycles. The van der Waals surface area contributed by atoms with Gasteiger partial charge in [-0.3, -0.25) is 29.4 Å². The van der Waals surface area contributed by atoms with Crippen molar-refractivity contribution in [3.05, 3.63) is 39.9 Å². The van der Waals surface area contributed by atoms with E-state index in [-0.39, 0.29) is 44.6 Å². The second-order valence-corrected chi connectivity index (χ2v) is 11.2. The number of rotatable bonds is 7. The van der Waals surface area contributed by atoms with E-state index in [1.165, 1.54) is 18.2 Å². The summed E-state index contributed by atoms with van der Waals surface area (Å²) in [5, 5.41) is 10.9. The molecule has 0 radical (unpaired) electrons. The summed E-state index contributed by atoms with van der Waals surface area (Å²) in [6, 6.07) is 3.97. The van der Waals surface area contributed by atoms with E-state index in [2.05, 4.69) is 31.9 Å². The molecule has 2 amide bonds. The first-order valence-electron chi connectivity index (χ1n) is 10.6. The fourth-order valence-electron chi connectivity index (χ4n) is 5.42. The lowest BCUT2D eigenvalue weighted by molar-refractivity contribution is -0.384. The number of hydrogen-bond acceptors (Lipinski definition) is 7. The van der Waals surface area contributed by atoms with Crippen LogP contribution < -0.4 is 0 Å². The summed E-state index contributed by atoms with van der Waals surface area (Å²) < 4.78 is 5.20. The van der Waals surface area contributed by atoms with Gasteiger partial charge in [0.25, 0.3) is 5.69 Å². The number of ether oxygens (including phenoxy) is 1. The molecular weight excluding hydrogens is 564 g/mol. The van der Waals surface area contributed by atoms with Crippen LogP contribution in [0.25, 0.3) is 0 Å². The van der Waals surface area contributed by atoms with Crippen molar-refractivity contribution in [2.24, 2.45) is 29.6 Å². The minimum atomic E-state index is -1.14. The van der Waals surface area contributed by atoms with Crippen LogP contribution in [0.4, 0.5) is 5.69 Å². The van der Waals surface area contributed by atoms with E-state index in [1.807, 2.05) is 0 Å². The minimum absolute atomic E-state index is 0.0186. The number of Topliss-reactive ketones (excluding diaryl/α,β-unsaturated/α-hetero) is 1. The van der Waals surface area contributed by atoms with Gasteiger partial charge in [0.1, 0.15) is 6.04 Å². The molecule has 2 aliphatic carbocycles. The highest BCUT2D eigenvalue weighted by Gasteiger charge is 2.67. The molecule has 0 N–H and O–H groups in total. The molecule has 7 atom stereocenters. The third kappa shape index (κ3) is 3.92. The fourth-order valence-corrected chi connectivity index (χ4v) is 7.29. The molecule has 1 aliphatic heterocycles. The second-order valence-electron chi connectivity index (χ2n) is 9.08. The summed E-state index contributed by atoms with van der Waals surface area (Å²) in [6.45, 7) is 2.76. The number of hydrogen-bond donors (Lipinski definition) is 0. The Morgan fingerprint density at radius 3 is 2.24 bits per heavy atom. The number of non-ortho nitro benzene ring substituents is 1. The SMILES string of the molecule is CC(C)[C@H](C(=O)OCC(=O)c1cccc([N+](=O)[O-])c1)N1C(=O)[C@@H]2[C@H]3C[C@@H]([C@@H](Br)[C@H]3Br)[C@H]2C1=O. The average molecular weight is 586 g/mol. The zero-order valence-corrected chi connectivity index (χ0v) is 21.0. The van der Waals surface area contributed by atoms with Crippen LogP contribution in [0.5, 0.6) is 0 Å². The van der Waals surface area contributed by atoms with E-state index < -0.39 is 47.1 Å². The number of nitro groups is 1. The Morgan fingerprint density at radius 1 is 1.15 bits per heavy atom. The van der Waals surface area contributed by atoms with E-state index in [0.717, 1.165) is 17.4 Å². The summed E-state index contributed by atoms with van der Waals surface area (Å²) in [4.78, 5) is 63.5. The van der Waals surface area contributed by atoms with E-state index in [1.54, 1.807) is 13.8 Å². The number of amides is 2.